The van der Waals surface area contributed by atoms with Gasteiger partial charge in [-0.05, 0) is 35.9 Å². The molecule has 0 bridgehead atoms. The fraction of sp³-hybridized carbons (Fsp3) is 0.0435. The number of amides is 1. The molecule has 2 N–H and O–H groups in total. The molecule has 1 amide bonds. The zero-order chi connectivity index (χ0) is 21.2. The van der Waals surface area contributed by atoms with Crippen molar-refractivity contribution in [2.24, 2.45) is 0 Å². The molecule has 0 aliphatic heterocycles. The Bertz CT molecular complexity index is 1450. The molecule has 152 valence electrons. The highest BCUT2D eigenvalue weighted by atomic mass is 32.1. The predicted molar refractivity (Wildman–Crippen MR) is 122 cm³/mol. The number of para-hydroxylation sites is 1. The minimum absolute atomic E-state index is 0.219. The first-order valence-corrected chi connectivity index (χ1v) is 10.5. The Kier molecular flexibility index (Phi) is 4.89. The van der Waals surface area contributed by atoms with Crippen LogP contribution in [0.25, 0.3) is 15.9 Å². The zero-order valence-electron chi connectivity index (χ0n) is 16.3. The van der Waals surface area contributed by atoms with Crippen LogP contribution in [0.3, 0.4) is 0 Å². The van der Waals surface area contributed by atoms with Gasteiger partial charge in [-0.25, -0.2) is 4.98 Å². The molecule has 2 heterocycles. The lowest BCUT2D eigenvalue weighted by atomic mass is 10.1. The summed E-state index contributed by atoms with van der Waals surface area (Å²) >= 11 is 1.27. The standard InChI is InChI=1S/C23H17N5O2S/c29-20(24-14-15-7-3-1-4-8-15)16-11-12-18-19(13-16)26-23-28(21(18)30)27-22(31-23)25-17-9-5-2-6-10-17/h1-13H,14H2,(H,24,29)(H,25,27). The minimum Gasteiger partial charge on any atom is -0.348 e. The monoisotopic (exact) mass is 427 g/mol. The number of carbonyl (C=O) groups excluding carboxylic acids is 1. The second-order valence-electron chi connectivity index (χ2n) is 6.91. The fourth-order valence-electron chi connectivity index (χ4n) is 3.23. The third-order valence-corrected chi connectivity index (χ3v) is 5.60. The van der Waals surface area contributed by atoms with Crippen molar-refractivity contribution in [3.63, 3.8) is 0 Å². The number of fused-ring (bicyclic) bond motifs is 2. The van der Waals surface area contributed by atoms with Gasteiger partial charge in [-0.3, -0.25) is 9.59 Å². The summed E-state index contributed by atoms with van der Waals surface area (Å²) in [5, 5.41) is 11.4. The van der Waals surface area contributed by atoms with Crippen molar-refractivity contribution >= 4 is 43.9 Å². The number of nitrogens with one attached hydrogen (secondary N) is 2. The summed E-state index contributed by atoms with van der Waals surface area (Å²) in [5.41, 5.74) is 2.53. The van der Waals surface area contributed by atoms with Gasteiger partial charge >= 0.3 is 0 Å². The quantitative estimate of drug-likeness (QED) is 0.443. The molecule has 31 heavy (non-hydrogen) atoms. The summed E-state index contributed by atoms with van der Waals surface area (Å²) in [5.74, 6) is -0.219. The van der Waals surface area contributed by atoms with Gasteiger partial charge in [-0.1, -0.05) is 59.9 Å². The first-order valence-electron chi connectivity index (χ1n) is 9.65. The van der Waals surface area contributed by atoms with Gasteiger partial charge in [-0.2, -0.15) is 4.52 Å². The molecule has 0 unspecified atom stereocenters. The molecule has 5 rings (SSSR count). The fourth-order valence-corrected chi connectivity index (χ4v) is 4.04. The third-order valence-electron chi connectivity index (χ3n) is 4.78. The molecule has 5 aromatic rings. The number of anilines is 2. The summed E-state index contributed by atoms with van der Waals surface area (Å²) in [7, 11) is 0. The summed E-state index contributed by atoms with van der Waals surface area (Å²) in [6.07, 6.45) is 0. The molecule has 0 atom stereocenters. The van der Waals surface area contributed by atoms with Gasteiger partial charge < -0.3 is 10.6 Å². The smallest absolute Gasteiger partial charge is 0.283 e. The number of hydrogen-bond acceptors (Lipinski definition) is 6. The number of nitrogens with zero attached hydrogens (tertiary/aromatic N) is 3. The maximum Gasteiger partial charge on any atom is 0.283 e. The van der Waals surface area contributed by atoms with Crippen LogP contribution in [0, 0.1) is 0 Å². The average molecular weight is 427 g/mol. The molecule has 0 spiro atoms. The number of aromatic nitrogens is 3. The van der Waals surface area contributed by atoms with Crippen LogP contribution in [0.1, 0.15) is 15.9 Å². The highest BCUT2D eigenvalue weighted by molar-refractivity contribution is 7.20. The Morgan fingerprint density at radius 2 is 1.71 bits per heavy atom. The molecule has 0 aliphatic rings. The molecule has 0 radical (unpaired) electrons. The first-order chi connectivity index (χ1) is 15.2. The van der Waals surface area contributed by atoms with Gasteiger partial charge in [0.15, 0.2) is 0 Å². The van der Waals surface area contributed by atoms with Crippen molar-refractivity contribution in [3.05, 3.63) is 100 Å². The van der Waals surface area contributed by atoms with E-state index in [1.807, 2.05) is 60.7 Å². The van der Waals surface area contributed by atoms with Gasteiger partial charge in [0.25, 0.3) is 11.5 Å². The van der Waals surface area contributed by atoms with E-state index >= 15 is 0 Å². The topological polar surface area (TPSA) is 88.4 Å². The lowest BCUT2D eigenvalue weighted by Crippen LogP contribution is -2.23. The first kappa shape index (κ1) is 19.0. The van der Waals surface area contributed by atoms with E-state index in [2.05, 4.69) is 20.7 Å². The van der Waals surface area contributed by atoms with Gasteiger partial charge in [0.2, 0.25) is 10.1 Å². The Morgan fingerprint density at radius 3 is 2.48 bits per heavy atom. The van der Waals surface area contributed by atoms with E-state index in [9.17, 15) is 9.59 Å². The van der Waals surface area contributed by atoms with Crippen LogP contribution in [0.5, 0.6) is 0 Å². The van der Waals surface area contributed by atoms with E-state index in [1.165, 1.54) is 15.9 Å². The Hall–Kier alpha value is -4.04. The average Bonchev–Trinajstić information content (AvgIpc) is 3.21. The van der Waals surface area contributed by atoms with E-state index in [0.29, 0.717) is 33.1 Å². The number of hydrogen-bond donors (Lipinski definition) is 2. The molecule has 0 saturated heterocycles. The van der Waals surface area contributed by atoms with Gasteiger partial charge in [0.05, 0.1) is 10.9 Å². The molecule has 0 fully saturated rings. The molecule has 3 aromatic carbocycles. The van der Waals surface area contributed by atoms with E-state index in [-0.39, 0.29) is 11.5 Å². The van der Waals surface area contributed by atoms with E-state index in [0.717, 1.165) is 11.3 Å². The molecule has 0 aliphatic carbocycles. The van der Waals surface area contributed by atoms with Crippen molar-refractivity contribution in [1.82, 2.24) is 19.9 Å². The number of rotatable bonds is 5. The van der Waals surface area contributed by atoms with Crippen LogP contribution >= 0.6 is 11.3 Å². The third kappa shape index (κ3) is 3.88. The van der Waals surface area contributed by atoms with Crippen LogP contribution < -0.4 is 16.2 Å². The predicted octanol–water partition coefficient (Wildman–Crippen LogP) is 3.98. The highest BCUT2D eigenvalue weighted by Gasteiger charge is 2.13. The Balaban J connectivity index is 1.44. The largest absolute Gasteiger partial charge is 0.348 e. The van der Waals surface area contributed by atoms with E-state index < -0.39 is 0 Å². The van der Waals surface area contributed by atoms with Crippen LogP contribution in [-0.4, -0.2) is 20.5 Å². The molecular formula is C23H17N5O2S. The maximum atomic E-state index is 12.9. The second kappa shape index (κ2) is 8.00. The van der Waals surface area contributed by atoms with Crippen molar-refractivity contribution in [3.8, 4) is 0 Å². The van der Waals surface area contributed by atoms with Crippen molar-refractivity contribution < 1.29 is 4.79 Å². The van der Waals surface area contributed by atoms with E-state index in [4.69, 9.17) is 0 Å². The maximum absolute atomic E-state index is 12.9. The van der Waals surface area contributed by atoms with Gasteiger partial charge in [-0.15, -0.1) is 5.10 Å². The minimum atomic E-state index is -0.270. The van der Waals surface area contributed by atoms with Crippen LogP contribution in [0.2, 0.25) is 0 Å². The SMILES string of the molecule is O=C(NCc1ccccc1)c1ccc2c(=O)n3nc(Nc4ccccc4)sc3nc2c1. The summed E-state index contributed by atoms with van der Waals surface area (Å²) in [6, 6.07) is 24.2. The Morgan fingerprint density at radius 1 is 0.968 bits per heavy atom. The van der Waals surface area contributed by atoms with E-state index in [1.54, 1.807) is 18.2 Å². The molecule has 8 heteroatoms. The summed E-state index contributed by atoms with van der Waals surface area (Å²) in [4.78, 5) is 30.5. The molecule has 2 aromatic heterocycles. The van der Waals surface area contributed by atoms with Gasteiger partial charge in [0.1, 0.15) is 0 Å². The van der Waals surface area contributed by atoms with Crippen LogP contribution in [0.15, 0.2) is 83.7 Å². The van der Waals surface area contributed by atoms with Crippen LogP contribution in [0.4, 0.5) is 10.8 Å². The van der Waals surface area contributed by atoms with Crippen molar-refractivity contribution in [1.29, 1.82) is 0 Å². The molecular weight excluding hydrogens is 410 g/mol. The van der Waals surface area contributed by atoms with Gasteiger partial charge in [0, 0.05) is 17.8 Å². The highest BCUT2D eigenvalue weighted by Crippen LogP contribution is 2.23. The zero-order valence-corrected chi connectivity index (χ0v) is 17.1. The number of carbonyl (C=O) groups is 1. The van der Waals surface area contributed by atoms with Crippen LogP contribution in [-0.2, 0) is 6.54 Å². The Labute approximate surface area is 181 Å². The lowest BCUT2D eigenvalue weighted by molar-refractivity contribution is 0.0951. The van der Waals surface area contributed by atoms with Crippen molar-refractivity contribution in [2.45, 2.75) is 6.54 Å². The normalized spacial score (nSPS) is 11.0. The molecule has 7 nitrogen and oxygen atoms in total. The summed E-state index contributed by atoms with van der Waals surface area (Å²) < 4.78 is 1.29. The number of benzene rings is 3. The summed E-state index contributed by atoms with van der Waals surface area (Å²) in [6.45, 7) is 0.427. The van der Waals surface area contributed by atoms with Crippen molar-refractivity contribution in [2.75, 3.05) is 5.32 Å². The molecule has 0 saturated carbocycles. The lowest BCUT2D eigenvalue weighted by Gasteiger charge is -2.06. The second-order valence-corrected chi connectivity index (χ2v) is 7.87.